The van der Waals surface area contributed by atoms with Gasteiger partial charge in [-0.15, -0.1) is 0 Å². The summed E-state index contributed by atoms with van der Waals surface area (Å²) in [5.41, 5.74) is 3.50. The number of para-hydroxylation sites is 1. The van der Waals surface area contributed by atoms with Gasteiger partial charge < -0.3 is 15.4 Å². The van der Waals surface area contributed by atoms with Gasteiger partial charge in [0.2, 0.25) is 0 Å². The van der Waals surface area contributed by atoms with Gasteiger partial charge in [-0.25, -0.2) is 4.79 Å². The Labute approximate surface area is 167 Å². The molecule has 1 heterocycles. The molecular formula is C21H18ClN3O3. The van der Waals surface area contributed by atoms with Crippen LogP contribution in [0, 0.1) is 6.92 Å². The maximum absolute atomic E-state index is 12.6. The first kappa shape index (κ1) is 19.4. The van der Waals surface area contributed by atoms with Crippen molar-refractivity contribution < 1.29 is 14.3 Å². The molecule has 0 saturated carbocycles. The fourth-order valence-electron chi connectivity index (χ4n) is 2.56. The van der Waals surface area contributed by atoms with E-state index in [0.29, 0.717) is 27.5 Å². The number of halogens is 1. The number of ether oxygens (including phenoxy) is 1. The Morgan fingerprint density at radius 1 is 1.00 bits per heavy atom. The quantitative estimate of drug-likeness (QED) is 0.605. The van der Waals surface area contributed by atoms with Crippen LogP contribution in [-0.2, 0) is 4.74 Å². The smallest absolute Gasteiger partial charge is 0.337 e. The van der Waals surface area contributed by atoms with Crippen molar-refractivity contribution in [3.8, 4) is 0 Å². The SMILES string of the molecule is COC(=O)c1ccc(Cl)c(Nc2cncc(C(=O)Nc3ccccc3C)c2)c1. The first-order valence-electron chi connectivity index (χ1n) is 8.45. The van der Waals surface area contributed by atoms with Crippen molar-refractivity contribution in [2.45, 2.75) is 6.92 Å². The number of esters is 1. The van der Waals surface area contributed by atoms with E-state index in [4.69, 9.17) is 16.3 Å². The molecule has 1 amide bonds. The highest BCUT2D eigenvalue weighted by atomic mass is 35.5. The van der Waals surface area contributed by atoms with Gasteiger partial charge in [-0.05, 0) is 42.8 Å². The molecule has 6 nitrogen and oxygen atoms in total. The van der Waals surface area contributed by atoms with Gasteiger partial charge in [0.25, 0.3) is 5.91 Å². The zero-order chi connectivity index (χ0) is 20.1. The monoisotopic (exact) mass is 395 g/mol. The number of methoxy groups -OCH3 is 1. The fraction of sp³-hybridized carbons (Fsp3) is 0.0952. The highest BCUT2D eigenvalue weighted by Crippen LogP contribution is 2.27. The number of pyridine rings is 1. The zero-order valence-corrected chi connectivity index (χ0v) is 16.1. The van der Waals surface area contributed by atoms with Crippen LogP contribution in [0.25, 0.3) is 0 Å². The first-order chi connectivity index (χ1) is 13.5. The van der Waals surface area contributed by atoms with E-state index >= 15 is 0 Å². The standard InChI is InChI=1S/C21H18ClN3O3/c1-13-5-3-4-6-18(13)25-20(26)15-9-16(12-23-11-15)24-19-10-14(21(27)28-2)7-8-17(19)22/h3-12,24H,1-2H3,(H,25,26). The van der Waals surface area contributed by atoms with Crippen molar-refractivity contribution in [1.82, 2.24) is 4.98 Å². The molecule has 7 heteroatoms. The summed E-state index contributed by atoms with van der Waals surface area (Å²) < 4.78 is 4.72. The molecule has 2 aromatic carbocycles. The van der Waals surface area contributed by atoms with E-state index in [1.807, 2.05) is 31.2 Å². The lowest BCUT2D eigenvalue weighted by Crippen LogP contribution is -2.13. The Kier molecular flexibility index (Phi) is 5.91. The second kappa shape index (κ2) is 8.54. The summed E-state index contributed by atoms with van der Waals surface area (Å²) in [5.74, 6) is -0.746. The second-order valence-corrected chi connectivity index (χ2v) is 6.45. The van der Waals surface area contributed by atoms with Crippen LogP contribution in [-0.4, -0.2) is 24.0 Å². The minimum Gasteiger partial charge on any atom is -0.465 e. The number of aryl methyl sites for hydroxylation is 1. The number of rotatable bonds is 5. The summed E-state index contributed by atoms with van der Waals surface area (Å²) in [6, 6.07) is 13.9. The highest BCUT2D eigenvalue weighted by Gasteiger charge is 2.12. The number of hydrogen-bond acceptors (Lipinski definition) is 5. The minimum absolute atomic E-state index is 0.278. The van der Waals surface area contributed by atoms with Crippen LogP contribution >= 0.6 is 11.6 Å². The molecule has 0 aliphatic heterocycles. The van der Waals surface area contributed by atoms with Gasteiger partial charge in [-0.2, -0.15) is 0 Å². The molecule has 1 aromatic heterocycles. The van der Waals surface area contributed by atoms with Crippen molar-refractivity contribution in [3.05, 3.63) is 82.6 Å². The summed E-state index contributed by atoms with van der Waals surface area (Å²) in [7, 11) is 1.31. The lowest BCUT2D eigenvalue weighted by Gasteiger charge is -2.11. The molecule has 0 atom stereocenters. The van der Waals surface area contributed by atoms with E-state index in [0.717, 1.165) is 11.3 Å². The third kappa shape index (κ3) is 4.47. The molecule has 3 rings (SSSR count). The third-order valence-corrected chi connectivity index (χ3v) is 4.39. The molecular weight excluding hydrogens is 378 g/mol. The van der Waals surface area contributed by atoms with Crippen molar-refractivity contribution in [3.63, 3.8) is 0 Å². The first-order valence-corrected chi connectivity index (χ1v) is 8.82. The highest BCUT2D eigenvalue weighted by molar-refractivity contribution is 6.33. The molecule has 0 radical (unpaired) electrons. The molecule has 0 aliphatic rings. The van der Waals surface area contributed by atoms with E-state index in [2.05, 4.69) is 15.6 Å². The molecule has 0 bridgehead atoms. The molecule has 0 saturated heterocycles. The largest absolute Gasteiger partial charge is 0.465 e. The van der Waals surface area contributed by atoms with Crippen molar-refractivity contribution in [2.24, 2.45) is 0 Å². The van der Waals surface area contributed by atoms with E-state index < -0.39 is 5.97 Å². The summed E-state index contributed by atoms with van der Waals surface area (Å²) in [6.07, 6.45) is 3.04. The van der Waals surface area contributed by atoms with Crippen LogP contribution in [0.5, 0.6) is 0 Å². The minimum atomic E-state index is -0.468. The topological polar surface area (TPSA) is 80.3 Å². The molecule has 3 aromatic rings. The number of carbonyl (C=O) groups is 2. The third-order valence-electron chi connectivity index (χ3n) is 4.06. The summed E-state index contributed by atoms with van der Waals surface area (Å²) in [5, 5.41) is 6.37. The van der Waals surface area contributed by atoms with E-state index in [1.54, 1.807) is 30.5 Å². The van der Waals surface area contributed by atoms with Crippen molar-refractivity contribution in [1.29, 1.82) is 0 Å². The van der Waals surface area contributed by atoms with E-state index in [9.17, 15) is 9.59 Å². The van der Waals surface area contributed by atoms with Crippen LogP contribution in [0.2, 0.25) is 5.02 Å². The van der Waals surface area contributed by atoms with Crippen molar-refractivity contribution in [2.75, 3.05) is 17.7 Å². The number of aromatic nitrogens is 1. The Hall–Kier alpha value is -3.38. The molecule has 0 unspecified atom stereocenters. The predicted octanol–water partition coefficient (Wildman–Crippen LogP) is 4.83. The lowest BCUT2D eigenvalue weighted by atomic mass is 10.1. The number of carbonyl (C=O) groups excluding carboxylic acids is 2. The predicted molar refractivity (Wildman–Crippen MR) is 109 cm³/mol. The molecule has 142 valence electrons. The average molecular weight is 396 g/mol. The van der Waals surface area contributed by atoms with Crippen LogP contribution in [0.3, 0.4) is 0 Å². The van der Waals surface area contributed by atoms with Gasteiger partial charge in [-0.1, -0.05) is 29.8 Å². The maximum Gasteiger partial charge on any atom is 0.337 e. The van der Waals surface area contributed by atoms with Gasteiger partial charge in [0.1, 0.15) is 0 Å². The molecule has 2 N–H and O–H groups in total. The van der Waals surface area contributed by atoms with E-state index in [1.165, 1.54) is 13.3 Å². The number of anilines is 3. The number of hydrogen-bond donors (Lipinski definition) is 2. The zero-order valence-electron chi connectivity index (χ0n) is 15.3. The molecule has 0 aliphatic carbocycles. The average Bonchev–Trinajstić information content (AvgIpc) is 2.71. The van der Waals surface area contributed by atoms with Gasteiger partial charge >= 0.3 is 5.97 Å². The number of nitrogens with one attached hydrogen (secondary N) is 2. The summed E-state index contributed by atoms with van der Waals surface area (Å²) in [6.45, 7) is 1.92. The van der Waals surface area contributed by atoms with Gasteiger partial charge in [0, 0.05) is 11.9 Å². The van der Waals surface area contributed by atoms with Crippen LogP contribution in [0.15, 0.2) is 60.9 Å². The summed E-state index contributed by atoms with van der Waals surface area (Å²) >= 11 is 6.21. The summed E-state index contributed by atoms with van der Waals surface area (Å²) in [4.78, 5) is 28.4. The molecule has 0 fully saturated rings. The Morgan fingerprint density at radius 2 is 1.79 bits per heavy atom. The number of benzene rings is 2. The Balaban J connectivity index is 1.81. The lowest BCUT2D eigenvalue weighted by molar-refractivity contribution is 0.0600. The van der Waals surface area contributed by atoms with Crippen LogP contribution in [0.4, 0.5) is 17.1 Å². The maximum atomic E-state index is 12.6. The Morgan fingerprint density at radius 3 is 2.54 bits per heavy atom. The molecule has 0 spiro atoms. The van der Waals surface area contributed by atoms with Crippen LogP contribution < -0.4 is 10.6 Å². The van der Waals surface area contributed by atoms with Gasteiger partial charge in [0.05, 0.1) is 40.8 Å². The van der Waals surface area contributed by atoms with Gasteiger partial charge in [-0.3, -0.25) is 9.78 Å². The van der Waals surface area contributed by atoms with E-state index in [-0.39, 0.29) is 5.91 Å². The van der Waals surface area contributed by atoms with Crippen LogP contribution in [0.1, 0.15) is 26.3 Å². The number of amides is 1. The molecule has 28 heavy (non-hydrogen) atoms. The fourth-order valence-corrected chi connectivity index (χ4v) is 2.73. The second-order valence-electron chi connectivity index (χ2n) is 6.04. The number of nitrogens with zero attached hydrogens (tertiary/aromatic N) is 1. The Bertz CT molecular complexity index is 1040. The van der Waals surface area contributed by atoms with Gasteiger partial charge in [0.15, 0.2) is 0 Å². The normalized spacial score (nSPS) is 10.2. The van der Waals surface area contributed by atoms with Crippen molar-refractivity contribution >= 4 is 40.5 Å².